The van der Waals surface area contributed by atoms with Crippen LogP contribution < -0.4 is 4.74 Å². The third-order valence-corrected chi connectivity index (χ3v) is 5.94. The van der Waals surface area contributed by atoms with Crippen molar-refractivity contribution in [2.45, 2.75) is 26.5 Å². The second-order valence-electron chi connectivity index (χ2n) is 8.66. The zero-order valence-corrected chi connectivity index (χ0v) is 20.2. The molecule has 0 atom stereocenters. The first kappa shape index (κ1) is 24.0. The molecule has 0 aliphatic rings. The summed E-state index contributed by atoms with van der Waals surface area (Å²) < 4.78 is 7.95. The maximum atomic E-state index is 13.0. The van der Waals surface area contributed by atoms with Crippen LogP contribution in [0.3, 0.4) is 0 Å². The van der Waals surface area contributed by atoms with E-state index >= 15 is 0 Å². The molecular weight excluding hydrogens is 436 g/mol. The first-order valence-corrected chi connectivity index (χ1v) is 11.8. The Kier molecular flexibility index (Phi) is 7.78. The van der Waals surface area contributed by atoms with Gasteiger partial charge in [-0.15, -0.1) is 0 Å². The van der Waals surface area contributed by atoms with Gasteiger partial charge >= 0.3 is 0 Å². The Morgan fingerprint density at radius 1 is 0.943 bits per heavy atom. The number of carbonyl (C=O) groups excluding carboxylic acids is 2. The summed E-state index contributed by atoms with van der Waals surface area (Å²) in [5.74, 6) is 0.742. The average molecular weight is 467 g/mol. The Labute approximate surface area is 206 Å². The third kappa shape index (κ3) is 6.48. The van der Waals surface area contributed by atoms with E-state index in [4.69, 9.17) is 4.74 Å². The SMILES string of the molecule is CC(=O)C=Cc1cn(CC(=O)N(C)CCc2ccccc2)c2ccc(OCc3ccccc3)cc12. The fourth-order valence-corrected chi connectivity index (χ4v) is 3.94. The van der Waals surface area contributed by atoms with E-state index in [1.165, 1.54) is 12.5 Å². The fourth-order valence-electron chi connectivity index (χ4n) is 3.94. The molecule has 1 heterocycles. The number of nitrogens with zero attached hydrogens (tertiary/aromatic N) is 2. The molecule has 0 aliphatic carbocycles. The van der Waals surface area contributed by atoms with Gasteiger partial charge in [0.05, 0.1) is 0 Å². The lowest BCUT2D eigenvalue weighted by Gasteiger charge is -2.18. The van der Waals surface area contributed by atoms with Crippen molar-refractivity contribution in [2.75, 3.05) is 13.6 Å². The van der Waals surface area contributed by atoms with Gasteiger partial charge in [0.1, 0.15) is 18.9 Å². The van der Waals surface area contributed by atoms with E-state index in [0.717, 1.165) is 34.2 Å². The summed E-state index contributed by atoms with van der Waals surface area (Å²) >= 11 is 0. The quantitative estimate of drug-likeness (QED) is 0.289. The molecule has 0 radical (unpaired) electrons. The van der Waals surface area contributed by atoms with Crippen molar-refractivity contribution in [3.8, 4) is 5.75 Å². The largest absolute Gasteiger partial charge is 0.489 e. The molecule has 5 nitrogen and oxygen atoms in total. The van der Waals surface area contributed by atoms with E-state index in [0.29, 0.717) is 13.2 Å². The van der Waals surface area contributed by atoms with E-state index in [1.54, 1.807) is 17.1 Å². The summed E-state index contributed by atoms with van der Waals surface area (Å²) in [5, 5.41) is 0.938. The number of allylic oxidation sites excluding steroid dienone is 1. The molecule has 35 heavy (non-hydrogen) atoms. The molecular formula is C30H30N2O3. The molecule has 3 aromatic carbocycles. The summed E-state index contributed by atoms with van der Waals surface area (Å²) in [6.45, 7) is 2.86. The molecule has 0 saturated carbocycles. The van der Waals surface area contributed by atoms with Crippen LogP contribution in [0.4, 0.5) is 0 Å². The van der Waals surface area contributed by atoms with E-state index in [-0.39, 0.29) is 18.2 Å². The Hall–Kier alpha value is -4.12. The summed E-state index contributed by atoms with van der Waals surface area (Å²) in [7, 11) is 1.84. The normalized spacial score (nSPS) is 11.1. The zero-order valence-electron chi connectivity index (χ0n) is 20.2. The number of rotatable bonds is 10. The number of hydrogen-bond donors (Lipinski definition) is 0. The van der Waals surface area contributed by atoms with Gasteiger partial charge in [-0.1, -0.05) is 60.7 Å². The standard InChI is InChI=1S/C30H30N2O3/c1-23(33)13-14-26-20-32(21-30(34)31(2)18-17-24-9-5-3-6-10-24)29-16-15-27(19-28(26)29)35-22-25-11-7-4-8-12-25/h3-16,19-20H,17-18,21-22H2,1-2H3. The number of likely N-dealkylation sites (N-methyl/N-ethyl adjacent to an activating group) is 1. The summed E-state index contributed by atoms with van der Waals surface area (Å²) in [6, 6.07) is 26.0. The van der Waals surface area contributed by atoms with Crippen molar-refractivity contribution in [3.63, 3.8) is 0 Å². The Morgan fingerprint density at radius 3 is 2.31 bits per heavy atom. The maximum absolute atomic E-state index is 13.0. The van der Waals surface area contributed by atoms with Crippen LogP contribution in [-0.4, -0.2) is 34.7 Å². The van der Waals surface area contributed by atoms with Gasteiger partial charge in [-0.05, 0) is 54.8 Å². The van der Waals surface area contributed by atoms with E-state index in [1.807, 2.05) is 84.5 Å². The highest BCUT2D eigenvalue weighted by atomic mass is 16.5. The number of hydrogen-bond acceptors (Lipinski definition) is 3. The van der Waals surface area contributed by atoms with Gasteiger partial charge in [0.15, 0.2) is 5.78 Å². The fraction of sp³-hybridized carbons (Fsp3) is 0.200. The molecule has 4 aromatic rings. The smallest absolute Gasteiger partial charge is 0.242 e. The van der Waals surface area contributed by atoms with Crippen molar-refractivity contribution in [2.24, 2.45) is 0 Å². The predicted octanol–water partition coefficient (Wildman–Crippen LogP) is 5.52. The number of carbonyl (C=O) groups is 2. The highest BCUT2D eigenvalue weighted by Gasteiger charge is 2.14. The van der Waals surface area contributed by atoms with Gasteiger partial charge in [0, 0.05) is 36.3 Å². The Morgan fingerprint density at radius 2 is 1.63 bits per heavy atom. The number of ketones is 1. The second-order valence-corrected chi connectivity index (χ2v) is 8.66. The molecule has 0 saturated heterocycles. The Balaban J connectivity index is 1.52. The van der Waals surface area contributed by atoms with E-state index < -0.39 is 0 Å². The maximum Gasteiger partial charge on any atom is 0.242 e. The predicted molar refractivity (Wildman–Crippen MR) is 140 cm³/mol. The highest BCUT2D eigenvalue weighted by molar-refractivity contribution is 5.97. The van der Waals surface area contributed by atoms with Gasteiger partial charge in [0.2, 0.25) is 5.91 Å². The van der Waals surface area contributed by atoms with Gasteiger partial charge < -0.3 is 14.2 Å². The number of aromatic nitrogens is 1. The highest BCUT2D eigenvalue weighted by Crippen LogP contribution is 2.28. The van der Waals surface area contributed by atoms with Crippen LogP contribution in [-0.2, 0) is 29.2 Å². The Bertz CT molecular complexity index is 1320. The van der Waals surface area contributed by atoms with Crippen LogP contribution >= 0.6 is 0 Å². The first-order valence-electron chi connectivity index (χ1n) is 11.8. The molecule has 0 N–H and O–H groups in total. The van der Waals surface area contributed by atoms with Crippen LogP contribution in [0.1, 0.15) is 23.6 Å². The summed E-state index contributed by atoms with van der Waals surface area (Å²) in [5.41, 5.74) is 4.09. The number of benzene rings is 3. The van der Waals surface area contributed by atoms with Crippen molar-refractivity contribution >= 4 is 28.7 Å². The van der Waals surface area contributed by atoms with Crippen LogP contribution in [0.25, 0.3) is 17.0 Å². The molecule has 4 rings (SSSR count). The molecule has 0 spiro atoms. The van der Waals surface area contributed by atoms with Gasteiger partial charge in [-0.3, -0.25) is 9.59 Å². The molecule has 0 bridgehead atoms. The minimum Gasteiger partial charge on any atom is -0.489 e. The summed E-state index contributed by atoms with van der Waals surface area (Å²) in [6.07, 6.45) is 6.08. The van der Waals surface area contributed by atoms with Crippen molar-refractivity contribution < 1.29 is 14.3 Å². The van der Waals surface area contributed by atoms with Crippen LogP contribution in [0.5, 0.6) is 5.75 Å². The number of amides is 1. The lowest BCUT2D eigenvalue weighted by atomic mass is 10.1. The monoisotopic (exact) mass is 466 g/mol. The lowest BCUT2D eigenvalue weighted by molar-refractivity contribution is -0.130. The molecule has 0 fully saturated rings. The van der Waals surface area contributed by atoms with Gasteiger partial charge in [-0.25, -0.2) is 0 Å². The first-order chi connectivity index (χ1) is 17.0. The summed E-state index contributed by atoms with van der Waals surface area (Å²) in [4.78, 5) is 26.3. The molecule has 0 unspecified atom stereocenters. The van der Waals surface area contributed by atoms with Crippen molar-refractivity contribution in [1.29, 1.82) is 0 Å². The molecule has 0 aliphatic heterocycles. The van der Waals surface area contributed by atoms with Crippen molar-refractivity contribution in [1.82, 2.24) is 9.47 Å². The zero-order chi connectivity index (χ0) is 24.6. The number of ether oxygens (including phenoxy) is 1. The van der Waals surface area contributed by atoms with Gasteiger partial charge in [0.25, 0.3) is 0 Å². The average Bonchev–Trinajstić information content (AvgIpc) is 3.22. The topological polar surface area (TPSA) is 51.5 Å². The van der Waals surface area contributed by atoms with Crippen molar-refractivity contribution in [3.05, 3.63) is 108 Å². The minimum absolute atomic E-state index is 0.0286. The van der Waals surface area contributed by atoms with Gasteiger partial charge in [-0.2, -0.15) is 0 Å². The van der Waals surface area contributed by atoms with E-state index in [2.05, 4.69) is 12.1 Å². The van der Waals surface area contributed by atoms with E-state index in [9.17, 15) is 9.59 Å². The molecule has 1 amide bonds. The third-order valence-electron chi connectivity index (χ3n) is 5.94. The molecule has 1 aromatic heterocycles. The second kappa shape index (κ2) is 11.3. The molecule has 5 heteroatoms. The van der Waals surface area contributed by atoms with Crippen LogP contribution in [0.2, 0.25) is 0 Å². The van der Waals surface area contributed by atoms with Crippen LogP contribution in [0.15, 0.2) is 91.1 Å². The number of fused-ring (bicyclic) bond motifs is 1. The van der Waals surface area contributed by atoms with Crippen LogP contribution in [0, 0.1) is 0 Å². The lowest BCUT2D eigenvalue weighted by Crippen LogP contribution is -2.31. The molecule has 178 valence electrons. The minimum atomic E-state index is -0.0286.